The van der Waals surface area contributed by atoms with Gasteiger partial charge in [0, 0.05) is 19.0 Å². The molecule has 0 aromatic carbocycles. The lowest BCUT2D eigenvalue weighted by Gasteiger charge is -2.32. The molecule has 2 amide bonds. The van der Waals surface area contributed by atoms with E-state index in [2.05, 4.69) is 0 Å². The van der Waals surface area contributed by atoms with Gasteiger partial charge in [0.25, 0.3) is 0 Å². The highest BCUT2D eigenvalue weighted by Gasteiger charge is 2.36. The Morgan fingerprint density at radius 1 is 1.33 bits per heavy atom. The molecule has 0 aromatic heterocycles. The Balaban J connectivity index is 2.47. The zero-order chi connectivity index (χ0) is 13.9. The number of nitrogens with two attached hydrogens (primary N) is 1. The largest absolute Gasteiger partial charge is 0.442 e. The molecule has 0 radical (unpaired) electrons. The van der Waals surface area contributed by atoms with Crippen LogP contribution in [0.15, 0.2) is 0 Å². The summed E-state index contributed by atoms with van der Waals surface area (Å²) in [5.41, 5.74) is 0.720. The summed E-state index contributed by atoms with van der Waals surface area (Å²) in [5.74, 6) is -1.24. The lowest BCUT2D eigenvalue weighted by Crippen LogP contribution is -2.44. The highest BCUT2D eigenvalue weighted by molar-refractivity contribution is 8.01. The van der Waals surface area contributed by atoms with E-state index >= 15 is 0 Å². The summed E-state index contributed by atoms with van der Waals surface area (Å²) < 4.78 is 36.4. The molecule has 1 atom stereocenters. The van der Waals surface area contributed by atoms with Gasteiger partial charge in [0.05, 0.1) is 5.25 Å². The fourth-order valence-corrected chi connectivity index (χ4v) is 2.54. The minimum atomic E-state index is -4.42. The number of nitrogens with zero attached hydrogens (tertiary/aromatic N) is 1. The molecule has 0 aromatic rings. The topological polar surface area (TPSA) is 63.4 Å². The van der Waals surface area contributed by atoms with Crippen molar-refractivity contribution >= 4 is 23.6 Å². The summed E-state index contributed by atoms with van der Waals surface area (Å²) in [6.07, 6.45) is 0.842. The number of rotatable bonds is 3. The number of carbonyl (C=O) groups excluding carboxylic acids is 2. The van der Waals surface area contributed by atoms with E-state index in [4.69, 9.17) is 5.73 Å². The normalized spacial score (nSPS) is 19.7. The van der Waals surface area contributed by atoms with Crippen LogP contribution >= 0.6 is 11.8 Å². The molecule has 8 heteroatoms. The number of alkyl halides is 3. The van der Waals surface area contributed by atoms with Crippen molar-refractivity contribution in [3.05, 3.63) is 0 Å². The molecule has 1 aliphatic rings. The molecular formula is C10H15F3N2O2S. The van der Waals surface area contributed by atoms with Crippen LogP contribution in [0, 0.1) is 5.92 Å². The maximum atomic E-state index is 12.1. The molecule has 104 valence electrons. The maximum absolute atomic E-state index is 12.1. The van der Waals surface area contributed by atoms with Crippen LogP contribution in [0.4, 0.5) is 13.2 Å². The Kier molecular flexibility index (Phi) is 4.89. The van der Waals surface area contributed by atoms with Crippen molar-refractivity contribution in [2.75, 3.05) is 13.1 Å². The number of amides is 2. The van der Waals surface area contributed by atoms with Gasteiger partial charge >= 0.3 is 5.51 Å². The van der Waals surface area contributed by atoms with Crippen LogP contribution in [-0.2, 0) is 9.59 Å². The third-order valence-corrected chi connectivity index (χ3v) is 3.69. The Hall–Kier alpha value is -0.920. The zero-order valence-electron chi connectivity index (χ0n) is 9.87. The first-order valence-electron chi connectivity index (χ1n) is 5.53. The first-order chi connectivity index (χ1) is 8.20. The lowest BCUT2D eigenvalue weighted by molar-refractivity contribution is -0.134. The van der Waals surface area contributed by atoms with Gasteiger partial charge in [-0.1, -0.05) is 0 Å². The van der Waals surface area contributed by atoms with Crippen LogP contribution in [0.25, 0.3) is 0 Å². The highest BCUT2D eigenvalue weighted by atomic mass is 32.2. The van der Waals surface area contributed by atoms with Crippen molar-refractivity contribution in [1.82, 2.24) is 4.90 Å². The molecule has 1 fully saturated rings. The summed E-state index contributed by atoms with van der Waals surface area (Å²) in [4.78, 5) is 24.0. The van der Waals surface area contributed by atoms with E-state index in [0.717, 1.165) is 0 Å². The third kappa shape index (κ3) is 4.40. The van der Waals surface area contributed by atoms with E-state index in [0.29, 0.717) is 12.8 Å². The molecular weight excluding hydrogens is 269 g/mol. The van der Waals surface area contributed by atoms with Gasteiger partial charge in [0.2, 0.25) is 11.8 Å². The van der Waals surface area contributed by atoms with E-state index in [1.165, 1.54) is 11.8 Å². The maximum Gasteiger partial charge on any atom is 0.442 e. The highest BCUT2D eigenvalue weighted by Crippen LogP contribution is 2.34. The number of thioether (sulfide) groups is 1. The smallest absolute Gasteiger partial charge is 0.369 e. The monoisotopic (exact) mass is 284 g/mol. The van der Waals surface area contributed by atoms with Crippen molar-refractivity contribution in [2.45, 2.75) is 30.5 Å². The van der Waals surface area contributed by atoms with E-state index in [1.807, 2.05) is 0 Å². The van der Waals surface area contributed by atoms with Crippen molar-refractivity contribution in [2.24, 2.45) is 11.7 Å². The summed E-state index contributed by atoms with van der Waals surface area (Å²) in [7, 11) is 0. The van der Waals surface area contributed by atoms with Gasteiger partial charge in [-0.25, -0.2) is 0 Å². The first kappa shape index (κ1) is 15.1. The minimum absolute atomic E-state index is 0.278. The Bertz CT molecular complexity index is 328. The number of primary amides is 1. The standard InChI is InChI=1S/C10H15F3N2O2S/c1-6(18-10(11,12)13)9(17)15-4-2-7(3-5-15)8(14)16/h6-7H,2-5H2,1H3,(H2,14,16)/t6-/m0/s1. The summed E-state index contributed by atoms with van der Waals surface area (Å²) >= 11 is -0.317. The minimum Gasteiger partial charge on any atom is -0.369 e. The Morgan fingerprint density at radius 3 is 2.22 bits per heavy atom. The van der Waals surface area contributed by atoms with Crippen LogP contribution in [0.2, 0.25) is 0 Å². The fourth-order valence-electron chi connectivity index (χ4n) is 1.89. The number of hydrogen-bond acceptors (Lipinski definition) is 3. The predicted molar refractivity (Wildman–Crippen MR) is 61.6 cm³/mol. The van der Waals surface area contributed by atoms with Crippen molar-refractivity contribution in [3.63, 3.8) is 0 Å². The van der Waals surface area contributed by atoms with Crippen molar-refractivity contribution < 1.29 is 22.8 Å². The van der Waals surface area contributed by atoms with Crippen molar-refractivity contribution in [1.29, 1.82) is 0 Å². The van der Waals surface area contributed by atoms with Gasteiger partial charge in [0.1, 0.15) is 0 Å². The molecule has 1 rings (SSSR count). The molecule has 1 aliphatic heterocycles. The summed E-state index contributed by atoms with van der Waals surface area (Å²) in [6, 6.07) is 0. The summed E-state index contributed by atoms with van der Waals surface area (Å²) in [6.45, 7) is 1.81. The van der Waals surface area contributed by atoms with Gasteiger partial charge in [-0.2, -0.15) is 13.2 Å². The van der Waals surface area contributed by atoms with Gasteiger partial charge in [0.15, 0.2) is 0 Å². The molecule has 2 N–H and O–H groups in total. The molecule has 1 saturated heterocycles. The summed E-state index contributed by atoms with van der Waals surface area (Å²) in [5, 5.41) is -1.16. The third-order valence-electron chi connectivity index (χ3n) is 2.87. The molecule has 0 bridgehead atoms. The number of piperidine rings is 1. The van der Waals surface area contributed by atoms with E-state index in [1.54, 1.807) is 0 Å². The van der Waals surface area contributed by atoms with E-state index in [-0.39, 0.29) is 30.8 Å². The average Bonchev–Trinajstić information content (AvgIpc) is 2.26. The Morgan fingerprint density at radius 2 is 1.83 bits per heavy atom. The van der Waals surface area contributed by atoms with Gasteiger partial charge in [-0.05, 0) is 31.5 Å². The van der Waals surface area contributed by atoms with Crippen molar-refractivity contribution in [3.8, 4) is 0 Å². The zero-order valence-corrected chi connectivity index (χ0v) is 10.7. The number of halogens is 3. The molecule has 18 heavy (non-hydrogen) atoms. The molecule has 0 unspecified atom stereocenters. The number of hydrogen-bond donors (Lipinski definition) is 1. The number of carbonyl (C=O) groups is 2. The second-order valence-electron chi connectivity index (χ2n) is 4.21. The quantitative estimate of drug-likeness (QED) is 0.851. The van der Waals surface area contributed by atoms with Crippen LogP contribution in [-0.4, -0.2) is 40.6 Å². The molecule has 1 heterocycles. The van der Waals surface area contributed by atoms with E-state index in [9.17, 15) is 22.8 Å². The predicted octanol–water partition coefficient (Wildman–Crippen LogP) is 1.35. The van der Waals surface area contributed by atoms with E-state index < -0.39 is 22.6 Å². The van der Waals surface area contributed by atoms with Crippen LogP contribution in [0.5, 0.6) is 0 Å². The fraction of sp³-hybridized carbons (Fsp3) is 0.800. The van der Waals surface area contributed by atoms with Gasteiger partial charge in [-0.15, -0.1) is 0 Å². The average molecular weight is 284 g/mol. The number of likely N-dealkylation sites (tertiary alicyclic amines) is 1. The molecule has 4 nitrogen and oxygen atoms in total. The first-order valence-corrected chi connectivity index (χ1v) is 6.41. The molecule has 0 spiro atoms. The van der Waals surface area contributed by atoms with Gasteiger partial charge in [-0.3, -0.25) is 9.59 Å². The van der Waals surface area contributed by atoms with Crippen LogP contribution in [0.1, 0.15) is 19.8 Å². The SMILES string of the molecule is C[C@H](SC(F)(F)F)C(=O)N1CCC(C(N)=O)CC1. The van der Waals surface area contributed by atoms with Gasteiger partial charge < -0.3 is 10.6 Å². The molecule has 0 aliphatic carbocycles. The second-order valence-corrected chi connectivity index (χ2v) is 5.61. The van der Waals surface area contributed by atoms with Crippen LogP contribution < -0.4 is 5.73 Å². The second kappa shape index (κ2) is 5.81. The lowest BCUT2D eigenvalue weighted by atomic mass is 9.96. The molecule has 0 saturated carbocycles. The Labute approximate surface area is 107 Å². The van der Waals surface area contributed by atoms with Crippen LogP contribution in [0.3, 0.4) is 0 Å².